The highest BCUT2D eigenvalue weighted by molar-refractivity contribution is 7.89. The second kappa shape index (κ2) is 7.98. The normalized spacial score (nSPS) is 11.7. The van der Waals surface area contributed by atoms with E-state index in [-0.39, 0.29) is 10.8 Å². The van der Waals surface area contributed by atoms with Gasteiger partial charge in [-0.1, -0.05) is 24.3 Å². The number of rotatable bonds is 5. The minimum atomic E-state index is -3.54. The summed E-state index contributed by atoms with van der Waals surface area (Å²) in [5, 5.41) is 3.74. The van der Waals surface area contributed by atoms with Gasteiger partial charge in [-0.3, -0.25) is 4.79 Å². The van der Waals surface area contributed by atoms with Crippen LogP contribution >= 0.6 is 11.3 Å². The number of sulfonamides is 1. The zero-order valence-corrected chi connectivity index (χ0v) is 18.0. The summed E-state index contributed by atoms with van der Waals surface area (Å²) in [5.41, 5.74) is 2.76. The van der Waals surface area contributed by atoms with Gasteiger partial charge in [0.15, 0.2) is 0 Å². The van der Waals surface area contributed by atoms with Gasteiger partial charge in [-0.2, -0.15) is 0 Å². The van der Waals surface area contributed by atoms with E-state index in [0.717, 1.165) is 25.1 Å². The number of thiazole rings is 1. The van der Waals surface area contributed by atoms with Crippen LogP contribution in [0.25, 0.3) is 20.8 Å². The third-order valence-electron chi connectivity index (χ3n) is 4.59. The Hall–Kier alpha value is -3.07. The molecule has 1 aromatic heterocycles. The van der Waals surface area contributed by atoms with Gasteiger partial charge < -0.3 is 5.32 Å². The molecule has 152 valence electrons. The number of carbonyl (C=O) groups is 1. The quantitative estimate of drug-likeness (QED) is 0.500. The fraction of sp³-hybridized carbons (Fsp3) is 0.0909. The summed E-state index contributed by atoms with van der Waals surface area (Å²) in [4.78, 5) is 17.6. The van der Waals surface area contributed by atoms with Crippen LogP contribution in [0.3, 0.4) is 0 Å². The van der Waals surface area contributed by atoms with Crippen LogP contribution < -0.4 is 5.32 Å². The van der Waals surface area contributed by atoms with Crippen LogP contribution in [-0.2, 0) is 10.0 Å². The zero-order chi connectivity index (χ0) is 21.3. The van der Waals surface area contributed by atoms with E-state index in [2.05, 4.69) is 10.3 Å². The Morgan fingerprint density at radius 2 is 1.60 bits per heavy atom. The highest BCUT2D eigenvalue weighted by Gasteiger charge is 2.18. The Morgan fingerprint density at radius 1 is 0.933 bits per heavy atom. The van der Waals surface area contributed by atoms with Crippen molar-refractivity contribution in [2.24, 2.45) is 0 Å². The number of aromatic nitrogens is 1. The monoisotopic (exact) mass is 437 g/mol. The number of hydrogen-bond acceptors (Lipinski definition) is 5. The van der Waals surface area contributed by atoms with Gasteiger partial charge in [0.25, 0.3) is 5.91 Å². The second-order valence-electron chi connectivity index (χ2n) is 6.80. The first-order valence-corrected chi connectivity index (χ1v) is 11.4. The van der Waals surface area contributed by atoms with Crippen molar-refractivity contribution >= 4 is 43.2 Å². The number of nitrogens with zero attached hydrogens (tertiary/aromatic N) is 2. The Bertz CT molecular complexity index is 1290. The second-order valence-corrected chi connectivity index (χ2v) is 9.98. The molecule has 0 aliphatic carbocycles. The lowest BCUT2D eigenvalue weighted by molar-refractivity contribution is 0.102. The van der Waals surface area contributed by atoms with Crippen LogP contribution in [0, 0.1) is 0 Å². The number of anilines is 1. The number of amides is 1. The smallest absolute Gasteiger partial charge is 0.255 e. The van der Waals surface area contributed by atoms with Crippen molar-refractivity contribution in [2.45, 2.75) is 4.90 Å². The van der Waals surface area contributed by atoms with E-state index in [1.807, 2.05) is 48.5 Å². The molecule has 0 spiro atoms. The van der Waals surface area contributed by atoms with E-state index in [1.165, 1.54) is 38.4 Å². The van der Waals surface area contributed by atoms with E-state index < -0.39 is 10.0 Å². The van der Waals surface area contributed by atoms with Crippen molar-refractivity contribution in [1.29, 1.82) is 0 Å². The lowest BCUT2D eigenvalue weighted by Crippen LogP contribution is -2.22. The first-order chi connectivity index (χ1) is 14.4. The number of para-hydroxylation sites is 2. The largest absolute Gasteiger partial charge is 0.321 e. The van der Waals surface area contributed by atoms with E-state index >= 15 is 0 Å². The third-order valence-corrected chi connectivity index (χ3v) is 7.49. The molecule has 0 radical (unpaired) electrons. The lowest BCUT2D eigenvalue weighted by Gasteiger charge is -2.12. The van der Waals surface area contributed by atoms with E-state index in [4.69, 9.17) is 0 Å². The summed E-state index contributed by atoms with van der Waals surface area (Å²) in [7, 11) is -0.605. The van der Waals surface area contributed by atoms with Gasteiger partial charge in [-0.05, 0) is 48.5 Å². The van der Waals surface area contributed by atoms with Gasteiger partial charge in [0.05, 0.1) is 20.8 Å². The molecule has 0 atom stereocenters. The van der Waals surface area contributed by atoms with Crippen molar-refractivity contribution in [3.8, 4) is 10.6 Å². The molecular weight excluding hydrogens is 418 g/mol. The maximum absolute atomic E-state index is 12.8. The topological polar surface area (TPSA) is 79.4 Å². The van der Waals surface area contributed by atoms with Crippen LogP contribution in [0.2, 0.25) is 0 Å². The highest BCUT2D eigenvalue weighted by atomic mass is 32.2. The molecule has 4 rings (SSSR count). The van der Waals surface area contributed by atoms with Gasteiger partial charge >= 0.3 is 0 Å². The first kappa shape index (κ1) is 20.2. The van der Waals surface area contributed by atoms with Crippen molar-refractivity contribution in [3.63, 3.8) is 0 Å². The van der Waals surface area contributed by atoms with E-state index in [9.17, 15) is 13.2 Å². The number of fused-ring (bicyclic) bond motifs is 1. The first-order valence-electron chi connectivity index (χ1n) is 9.15. The third kappa shape index (κ3) is 3.85. The molecule has 1 N–H and O–H groups in total. The number of hydrogen-bond donors (Lipinski definition) is 1. The molecule has 6 nitrogen and oxygen atoms in total. The summed E-state index contributed by atoms with van der Waals surface area (Å²) in [6.45, 7) is 0. The van der Waals surface area contributed by atoms with Gasteiger partial charge in [0.2, 0.25) is 10.0 Å². The number of nitrogens with one attached hydrogen (secondary N) is 1. The van der Waals surface area contributed by atoms with Gasteiger partial charge in [-0.25, -0.2) is 17.7 Å². The van der Waals surface area contributed by atoms with Crippen molar-refractivity contribution in [2.75, 3.05) is 19.4 Å². The Kier molecular flexibility index (Phi) is 5.38. The molecule has 0 saturated carbocycles. The fourth-order valence-electron chi connectivity index (χ4n) is 2.95. The number of benzene rings is 3. The summed E-state index contributed by atoms with van der Waals surface area (Å²) in [5.74, 6) is -0.322. The molecule has 0 aliphatic rings. The molecule has 0 fully saturated rings. The molecule has 0 aliphatic heterocycles. The van der Waals surface area contributed by atoms with Crippen LogP contribution in [0.1, 0.15) is 10.4 Å². The molecule has 30 heavy (non-hydrogen) atoms. The Labute approximate surface area is 178 Å². The molecule has 3 aromatic carbocycles. The van der Waals surface area contributed by atoms with Crippen molar-refractivity contribution in [3.05, 3.63) is 78.4 Å². The Morgan fingerprint density at radius 3 is 2.30 bits per heavy atom. The summed E-state index contributed by atoms with van der Waals surface area (Å²) in [6, 6.07) is 21.3. The molecule has 0 unspecified atom stereocenters. The maximum atomic E-state index is 12.8. The maximum Gasteiger partial charge on any atom is 0.255 e. The molecule has 1 amide bonds. The van der Waals surface area contributed by atoms with E-state index in [1.54, 1.807) is 11.3 Å². The summed E-state index contributed by atoms with van der Waals surface area (Å²) >= 11 is 1.56. The van der Waals surface area contributed by atoms with E-state index in [0.29, 0.717) is 11.3 Å². The minimum Gasteiger partial charge on any atom is -0.321 e. The average Bonchev–Trinajstić information content (AvgIpc) is 3.18. The predicted octanol–water partition coefficient (Wildman–Crippen LogP) is 4.47. The average molecular weight is 438 g/mol. The van der Waals surface area contributed by atoms with Gasteiger partial charge in [0.1, 0.15) is 5.01 Å². The molecule has 4 aromatic rings. The van der Waals surface area contributed by atoms with Crippen LogP contribution in [-0.4, -0.2) is 37.7 Å². The van der Waals surface area contributed by atoms with Crippen molar-refractivity contribution in [1.82, 2.24) is 9.29 Å². The molecule has 8 heteroatoms. The minimum absolute atomic E-state index is 0.138. The zero-order valence-electron chi connectivity index (χ0n) is 16.4. The Balaban J connectivity index is 1.61. The fourth-order valence-corrected chi connectivity index (χ4v) is 4.86. The van der Waals surface area contributed by atoms with Gasteiger partial charge in [0, 0.05) is 25.2 Å². The van der Waals surface area contributed by atoms with Gasteiger partial charge in [-0.15, -0.1) is 11.3 Å². The van der Waals surface area contributed by atoms with Crippen LogP contribution in [0.15, 0.2) is 77.7 Å². The van der Waals surface area contributed by atoms with Crippen LogP contribution in [0.4, 0.5) is 5.69 Å². The van der Waals surface area contributed by atoms with Crippen molar-refractivity contribution < 1.29 is 13.2 Å². The van der Waals surface area contributed by atoms with Crippen LogP contribution in [0.5, 0.6) is 0 Å². The molecular formula is C22H19N3O3S2. The summed E-state index contributed by atoms with van der Waals surface area (Å²) < 4.78 is 26.6. The summed E-state index contributed by atoms with van der Waals surface area (Å²) in [6.07, 6.45) is 0. The standard InChI is InChI=1S/C22H19N3O3S2/c1-25(2)30(27,28)16-13-11-15(12-14-16)21(26)23-18-8-4-3-7-17(18)22-24-19-9-5-6-10-20(19)29-22/h3-14H,1-2H3,(H,23,26). The lowest BCUT2D eigenvalue weighted by atomic mass is 10.1. The molecule has 0 saturated heterocycles. The number of carbonyl (C=O) groups excluding carboxylic acids is 1. The predicted molar refractivity (Wildman–Crippen MR) is 120 cm³/mol. The molecule has 0 bridgehead atoms. The molecule has 1 heterocycles. The highest BCUT2D eigenvalue weighted by Crippen LogP contribution is 2.34. The SMILES string of the molecule is CN(C)S(=O)(=O)c1ccc(C(=O)Nc2ccccc2-c2nc3ccccc3s2)cc1.